The first kappa shape index (κ1) is 19.7. The molecule has 0 radical (unpaired) electrons. The van der Waals surface area contributed by atoms with Gasteiger partial charge in [-0.3, -0.25) is 4.79 Å². The van der Waals surface area contributed by atoms with Gasteiger partial charge in [0.15, 0.2) is 0 Å². The third kappa shape index (κ3) is 10.1. The van der Waals surface area contributed by atoms with Crippen molar-refractivity contribution in [1.82, 2.24) is 10.2 Å². The van der Waals surface area contributed by atoms with Gasteiger partial charge in [-0.05, 0) is 38.5 Å². The van der Waals surface area contributed by atoms with Crippen LogP contribution in [0, 0.1) is 11.8 Å². The number of aliphatic hydroxyl groups is 1. The third-order valence-corrected chi connectivity index (χ3v) is 3.43. The third-order valence-electron chi connectivity index (χ3n) is 3.43. The second-order valence-corrected chi connectivity index (χ2v) is 6.63. The van der Waals surface area contributed by atoms with Crippen LogP contribution in [0.2, 0.25) is 0 Å². The summed E-state index contributed by atoms with van der Waals surface area (Å²) in [5, 5.41) is 21.2. The number of carbonyl (C=O) groups excluding carboxylic acids is 1. The summed E-state index contributed by atoms with van der Waals surface area (Å²) in [7, 11) is 1.64. The topological polar surface area (TPSA) is 89.9 Å². The summed E-state index contributed by atoms with van der Waals surface area (Å²) in [6, 6.07) is -0.224. The average Bonchev–Trinajstić information content (AvgIpc) is 2.30. The summed E-state index contributed by atoms with van der Waals surface area (Å²) >= 11 is 0. The SMILES string of the molecule is CC(C)C(CCNC(=O)N(C)CC(C)(C)O)CCC(=O)O. The zero-order valence-corrected chi connectivity index (χ0v) is 13.8. The molecule has 0 heterocycles. The maximum atomic E-state index is 11.8. The van der Waals surface area contributed by atoms with Crippen LogP contribution in [0.5, 0.6) is 0 Å². The minimum absolute atomic E-state index is 0.162. The van der Waals surface area contributed by atoms with E-state index in [4.69, 9.17) is 5.11 Å². The number of likely N-dealkylation sites (N-methyl/N-ethyl adjacent to an activating group) is 1. The summed E-state index contributed by atoms with van der Waals surface area (Å²) in [6.45, 7) is 8.20. The van der Waals surface area contributed by atoms with E-state index in [1.807, 2.05) is 0 Å². The molecule has 3 N–H and O–H groups in total. The number of nitrogens with zero attached hydrogens (tertiary/aromatic N) is 1. The molecular weight excluding hydrogens is 272 g/mol. The van der Waals surface area contributed by atoms with E-state index < -0.39 is 11.6 Å². The summed E-state index contributed by atoms with van der Waals surface area (Å²) in [6.07, 6.45) is 1.55. The molecule has 0 aliphatic rings. The molecule has 0 aliphatic carbocycles. The van der Waals surface area contributed by atoms with Gasteiger partial charge in [0.1, 0.15) is 0 Å². The lowest BCUT2D eigenvalue weighted by atomic mass is 9.88. The summed E-state index contributed by atoms with van der Waals surface area (Å²) in [5.41, 5.74) is -0.923. The standard InChI is InChI=1S/C15H30N2O4/c1-11(2)12(6-7-13(18)19)8-9-16-14(20)17(5)10-15(3,4)21/h11-12,21H,6-10H2,1-5H3,(H,16,20)(H,18,19). The van der Waals surface area contributed by atoms with Gasteiger partial charge >= 0.3 is 12.0 Å². The van der Waals surface area contributed by atoms with Crippen LogP contribution < -0.4 is 5.32 Å². The molecule has 1 atom stereocenters. The molecule has 0 aromatic carbocycles. The fourth-order valence-corrected chi connectivity index (χ4v) is 2.27. The van der Waals surface area contributed by atoms with E-state index in [2.05, 4.69) is 19.2 Å². The van der Waals surface area contributed by atoms with Crippen molar-refractivity contribution in [3.63, 3.8) is 0 Å². The van der Waals surface area contributed by atoms with Gasteiger partial charge in [-0.1, -0.05) is 13.8 Å². The second kappa shape index (κ2) is 8.87. The Labute approximate surface area is 127 Å². The molecule has 0 bridgehead atoms. The molecular formula is C15H30N2O4. The van der Waals surface area contributed by atoms with Crippen LogP contribution in [-0.4, -0.2) is 52.9 Å². The van der Waals surface area contributed by atoms with Gasteiger partial charge in [0.2, 0.25) is 0 Å². The molecule has 0 saturated carbocycles. The van der Waals surface area contributed by atoms with Crippen molar-refractivity contribution in [3.8, 4) is 0 Å². The highest BCUT2D eigenvalue weighted by Crippen LogP contribution is 2.20. The lowest BCUT2D eigenvalue weighted by Gasteiger charge is -2.26. The highest BCUT2D eigenvalue weighted by atomic mass is 16.4. The van der Waals surface area contributed by atoms with E-state index in [1.54, 1.807) is 20.9 Å². The first-order chi connectivity index (χ1) is 9.53. The Bertz CT molecular complexity index is 337. The van der Waals surface area contributed by atoms with Crippen molar-refractivity contribution >= 4 is 12.0 Å². The number of nitrogens with one attached hydrogen (secondary N) is 1. The van der Waals surface area contributed by atoms with Gasteiger partial charge in [0.25, 0.3) is 0 Å². The lowest BCUT2D eigenvalue weighted by molar-refractivity contribution is -0.137. The van der Waals surface area contributed by atoms with Gasteiger partial charge in [-0.2, -0.15) is 0 Å². The van der Waals surface area contributed by atoms with Crippen LogP contribution in [0.25, 0.3) is 0 Å². The molecule has 0 aromatic rings. The first-order valence-electron chi connectivity index (χ1n) is 7.46. The number of hydrogen-bond donors (Lipinski definition) is 3. The Morgan fingerprint density at radius 2 is 1.81 bits per heavy atom. The summed E-state index contributed by atoms with van der Waals surface area (Å²) in [4.78, 5) is 23.9. The molecule has 6 heteroatoms. The molecule has 0 rings (SSSR count). The van der Waals surface area contributed by atoms with Crippen LogP contribution >= 0.6 is 0 Å². The molecule has 124 valence electrons. The molecule has 0 saturated heterocycles. The molecule has 0 fully saturated rings. The quantitative estimate of drug-likeness (QED) is 0.607. The Morgan fingerprint density at radius 3 is 2.24 bits per heavy atom. The number of carboxylic acid groups (broad SMARTS) is 1. The van der Waals surface area contributed by atoms with Crippen LogP contribution in [0.3, 0.4) is 0 Å². The summed E-state index contributed by atoms with van der Waals surface area (Å²) < 4.78 is 0. The summed E-state index contributed by atoms with van der Waals surface area (Å²) in [5.74, 6) is -0.119. The normalized spacial score (nSPS) is 13.1. The Kier molecular flexibility index (Phi) is 8.32. The Balaban J connectivity index is 4.13. The van der Waals surface area contributed by atoms with Gasteiger partial charge in [-0.15, -0.1) is 0 Å². The van der Waals surface area contributed by atoms with Crippen molar-refractivity contribution in [3.05, 3.63) is 0 Å². The molecule has 0 aromatic heterocycles. The second-order valence-electron chi connectivity index (χ2n) is 6.63. The number of hydrogen-bond acceptors (Lipinski definition) is 3. The molecule has 21 heavy (non-hydrogen) atoms. The molecule has 0 aliphatic heterocycles. The number of amides is 2. The van der Waals surface area contributed by atoms with Crippen LogP contribution in [0.1, 0.15) is 47.0 Å². The van der Waals surface area contributed by atoms with Gasteiger partial charge in [0.05, 0.1) is 12.1 Å². The van der Waals surface area contributed by atoms with Crippen LogP contribution in [-0.2, 0) is 4.79 Å². The number of carboxylic acids is 1. The first-order valence-corrected chi connectivity index (χ1v) is 7.46. The van der Waals surface area contributed by atoms with Crippen LogP contribution in [0.15, 0.2) is 0 Å². The van der Waals surface area contributed by atoms with Crippen molar-refractivity contribution in [2.24, 2.45) is 11.8 Å². The predicted octanol–water partition coefficient (Wildman–Crippen LogP) is 1.93. The molecule has 0 spiro atoms. The van der Waals surface area contributed by atoms with E-state index >= 15 is 0 Å². The van der Waals surface area contributed by atoms with E-state index in [1.165, 1.54) is 4.90 Å². The lowest BCUT2D eigenvalue weighted by Crippen LogP contribution is -2.45. The highest BCUT2D eigenvalue weighted by Gasteiger charge is 2.20. The predicted molar refractivity (Wildman–Crippen MR) is 82.1 cm³/mol. The van der Waals surface area contributed by atoms with Gasteiger partial charge in [0, 0.05) is 20.0 Å². The van der Waals surface area contributed by atoms with Crippen molar-refractivity contribution in [1.29, 1.82) is 0 Å². The van der Waals surface area contributed by atoms with Crippen LogP contribution in [0.4, 0.5) is 4.79 Å². The fraction of sp³-hybridized carbons (Fsp3) is 0.867. The fourth-order valence-electron chi connectivity index (χ4n) is 2.27. The largest absolute Gasteiger partial charge is 0.481 e. The minimum atomic E-state index is -0.923. The van der Waals surface area contributed by atoms with Crippen molar-refractivity contribution in [2.45, 2.75) is 52.6 Å². The zero-order chi connectivity index (χ0) is 16.6. The Hall–Kier alpha value is -1.30. The van der Waals surface area contributed by atoms with Gasteiger partial charge in [-0.25, -0.2) is 4.79 Å². The maximum absolute atomic E-state index is 11.8. The number of rotatable bonds is 9. The maximum Gasteiger partial charge on any atom is 0.317 e. The number of urea groups is 1. The highest BCUT2D eigenvalue weighted by molar-refractivity contribution is 5.73. The Morgan fingerprint density at radius 1 is 1.24 bits per heavy atom. The van der Waals surface area contributed by atoms with E-state index in [9.17, 15) is 14.7 Å². The smallest absolute Gasteiger partial charge is 0.317 e. The monoisotopic (exact) mass is 302 g/mol. The average molecular weight is 302 g/mol. The molecule has 1 unspecified atom stereocenters. The van der Waals surface area contributed by atoms with E-state index in [0.717, 1.165) is 6.42 Å². The van der Waals surface area contributed by atoms with Gasteiger partial charge < -0.3 is 20.4 Å². The number of aliphatic carboxylic acids is 1. The van der Waals surface area contributed by atoms with E-state index in [0.29, 0.717) is 18.9 Å². The zero-order valence-electron chi connectivity index (χ0n) is 13.8. The van der Waals surface area contributed by atoms with Crippen molar-refractivity contribution < 1.29 is 19.8 Å². The minimum Gasteiger partial charge on any atom is -0.481 e. The molecule has 2 amide bonds. The van der Waals surface area contributed by atoms with E-state index in [-0.39, 0.29) is 24.9 Å². The van der Waals surface area contributed by atoms with Crippen molar-refractivity contribution in [2.75, 3.05) is 20.1 Å². The number of carbonyl (C=O) groups is 2. The molecule has 6 nitrogen and oxygen atoms in total.